The van der Waals surface area contributed by atoms with Crippen LogP contribution in [-0.2, 0) is 9.53 Å². The van der Waals surface area contributed by atoms with Gasteiger partial charge in [0.25, 0.3) is 5.91 Å². The third-order valence-electron chi connectivity index (χ3n) is 3.30. The summed E-state index contributed by atoms with van der Waals surface area (Å²) in [5, 5.41) is 0. The lowest BCUT2D eigenvalue weighted by Crippen LogP contribution is -2.34. The summed E-state index contributed by atoms with van der Waals surface area (Å²) in [4.78, 5) is 25.8. The van der Waals surface area contributed by atoms with Crippen molar-refractivity contribution in [3.05, 3.63) is 23.8 Å². The molecule has 1 rings (SSSR count). The standard InChI is InChI=1S/C17H25NO5/c1-5-10-18(11-9-16(19)23-6-2)17(20)13-7-8-14(21-3)15(12-13)22-4/h7-8,12H,5-6,9-11H2,1-4H3. The van der Waals surface area contributed by atoms with Crippen molar-refractivity contribution in [1.82, 2.24) is 4.90 Å². The minimum Gasteiger partial charge on any atom is -0.493 e. The number of nitrogens with zero attached hydrogens (tertiary/aromatic N) is 1. The molecule has 0 N–H and O–H groups in total. The van der Waals surface area contributed by atoms with Crippen LogP contribution in [0.1, 0.15) is 37.0 Å². The number of hydrogen-bond donors (Lipinski definition) is 0. The highest BCUT2D eigenvalue weighted by Crippen LogP contribution is 2.28. The summed E-state index contributed by atoms with van der Waals surface area (Å²) in [6.45, 7) is 5.00. The van der Waals surface area contributed by atoms with Gasteiger partial charge in [0, 0.05) is 18.7 Å². The van der Waals surface area contributed by atoms with Gasteiger partial charge >= 0.3 is 5.97 Å². The molecule has 0 aliphatic heterocycles. The van der Waals surface area contributed by atoms with Crippen molar-refractivity contribution < 1.29 is 23.8 Å². The maximum absolute atomic E-state index is 12.7. The van der Waals surface area contributed by atoms with E-state index >= 15 is 0 Å². The van der Waals surface area contributed by atoms with Crippen LogP contribution in [0.3, 0.4) is 0 Å². The van der Waals surface area contributed by atoms with Crippen LogP contribution in [0.4, 0.5) is 0 Å². The van der Waals surface area contributed by atoms with Crippen LogP contribution >= 0.6 is 0 Å². The van der Waals surface area contributed by atoms with Gasteiger partial charge in [0.15, 0.2) is 11.5 Å². The predicted octanol–water partition coefficient (Wildman–Crippen LogP) is 2.51. The van der Waals surface area contributed by atoms with Gasteiger partial charge in [-0.15, -0.1) is 0 Å². The number of esters is 1. The van der Waals surface area contributed by atoms with Crippen LogP contribution < -0.4 is 9.47 Å². The van der Waals surface area contributed by atoms with Crippen molar-refractivity contribution in [2.75, 3.05) is 33.9 Å². The van der Waals surface area contributed by atoms with Gasteiger partial charge in [-0.05, 0) is 31.5 Å². The number of carbonyl (C=O) groups excluding carboxylic acids is 2. The Morgan fingerprint density at radius 1 is 1.04 bits per heavy atom. The molecule has 0 bridgehead atoms. The summed E-state index contributed by atoms with van der Waals surface area (Å²) >= 11 is 0. The van der Waals surface area contributed by atoms with E-state index < -0.39 is 0 Å². The van der Waals surface area contributed by atoms with Gasteiger partial charge in [-0.3, -0.25) is 9.59 Å². The third kappa shape index (κ3) is 5.47. The van der Waals surface area contributed by atoms with Crippen molar-refractivity contribution in [1.29, 1.82) is 0 Å². The van der Waals surface area contributed by atoms with Gasteiger partial charge < -0.3 is 19.1 Å². The van der Waals surface area contributed by atoms with E-state index in [2.05, 4.69) is 0 Å². The number of methoxy groups -OCH3 is 2. The lowest BCUT2D eigenvalue weighted by atomic mass is 10.1. The van der Waals surface area contributed by atoms with E-state index in [-0.39, 0.29) is 18.3 Å². The molecule has 0 aliphatic rings. The topological polar surface area (TPSA) is 65.1 Å². The Kier molecular flexibility index (Phi) is 7.94. The second kappa shape index (κ2) is 9.71. The first-order valence-corrected chi connectivity index (χ1v) is 7.74. The molecule has 6 nitrogen and oxygen atoms in total. The van der Waals surface area contributed by atoms with Crippen LogP contribution in [-0.4, -0.2) is 50.7 Å². The number of rotatable bonds is 9. The Morgan fingerprint density at radius 2 is 1.74 bits per heavy atom. The van der Waals surface area contributed by atoms with E-state index in [1.807, 2.05) is 6.92 Å². The minimum atomic E-state index is -0.297. The summed E-state index contributed by atoms with van der Waals surface area (Å²) < 4.78 is 15.3. The van der Waals surface area contributed by atoms with Gasteiger partial charge in [-0.25, -0.2) is 0 Å². The molecule has 23 heavy (non-hydrogen) atoms. The number of benzene rings is 1. The molecule has 1 aromatic rings. The summed E-state index contributed by atoms with van der Waals surface area (Å²) in [6.07, 6.45) is 0.995. The second-order valence-corrected chi connectivity index (χ2v) is 4.92. The zero-order valence-electron chi connectivity index (χ0n) is 14.3. The molecule has 0 heterocycles. The highest BCUT2D eigenvalue weighted by atomic mass is 16.5. The van der Waals surface area contributed by atoms with E-state index in [9.17, 15) is 9.59 Å². The van der Waals surface area contributed by atoms with Gasteiger partial charge in [0.05, 0.1) is 27.2 Å². The lowest BCUT2D eigenvalue weighted by Gasteiger charge is -2.22. The largest absolute Gasteiger partial charge is 0.493 e. The minimum absolute atomic E-state index is 0.142. The summed E-state index contributed by atoms with van der Waals surface area (Å²) in [6, 6.07) is 5.03. The summed E-state index contributed by atoms with van der Waals surface area (Å²) in [7, 11) is 3.07. The van der Waals surface area contributed by atoms with E-state index in [4.69, 9.17) is 14.2 Å². The lowest BCUT2D eigenvalue weighted by molar-refractivity contribution is -0.143. The normalized spacial score (nSPS) is 10.1. The molecule has 1 amide bonds. The molecule has 0 radical (unpaired) electrons. The maximum atomic E-state index is 12.7. The highest BCUT2D eigenvalue weighted by Gasteiger charge is 2.18. The summed E-state index contributed by atoms with van der Waals surface area (Å²) in [5.41, 5.74) is 0.500. The third-order valence-corrected chi connectivity index (χ3v) is 3.30. The Balaban J connectivity index is 2.86. The van der Waals surface area contributed by atoms with Crippen LogP contribution in [0.2, 0.25) is 0 Å². The van der Waals surface area contributed by atoms with Crippen LogP contribution in [0.5, 0.6) is 11.5 Å². The average molecular weight is 323 g/mol. The fourth-order valence-electron chi connectivity index (χ4n) is 2.20. The quantitative estimate of drug-likeness (QED) is 0.653. The monoisotopic (exact) mass is 323 g/mol. The molecule has 0 saturated heterocycles. The smallest absolute Gasteiger partial charge is 0.307 e. The molecule has 6 heteroatoms. The Hall–Kier alpha value is -2.24. The molecule has 128 valence electrons. The average Bonchev–Trinajstić information content (AvgIpc) is 2.57. The van der Waals surface area contributed by atoms with E-state index in [1.165, 1.54) is 7.11 Å². The van der Waals surface area contributed by atoms with Gasteiger partial charge in [-0.1, -0.05) is 6.92 Å². The van der Waals surface area contributed by atoms with E-state index in [0.29, 0.717) is 36.8 Å². The molecular weight excluding hydrogens is 298 g/mol. The van der Waals surface area contributed by atoms with Crippen molar-refractivity contribution in [2.45, 2.75) is 26.7 Å². The van der Waals surface area contributed by atoms with Gasteiger partial charge in [-0.2, -0.15) is 0 Å². The Morgan fingerprint density at radius 3 is 2.30 bits per heavy atom. The number of carbonyl (C=O) groups is 2. The number of ether oxygens (including phenoxy) is 3. The van der Waals surface area contributed by atoms with Crippen molar-refractivity contribution in [3.63, 3.8) is 0 Å². The first kappa shape index (κ1) is 18.8. The molecular formula is C17H25NO5. The first-order valence-electron chi connectivity index (χ1n) is 7.74. The SMILES string of the molecule is CCCN(CCC(=O)OCC)C(=O)c1ccc(OC)c(OC)c1. The molecule has 0 aromatic heterocycles. The molecule has 0 atom stereocenters. The Bertz CT molecular complexity index is 530. The molecule has 1 aromatic carbocycles. The van der Waals surface area contributed by atoms with Crippen molar-refractivity contribution in [2.24, 2.45) is 0 Å². The molecule has 0 fully saturated rings. The van der Waals surface area contributed by atoms with Gasteiger partial charge in [0.1, 0.15) is 0 Å². The molecule has 0 unspecified atom stereocenters. The van der Waals surface area contributed by atoms with E-state index in [1.54, 1.807) is 37.1 Å². The van der Waals surface area contributed by atoms with E-state index in [0.717, 1.165) is 6.42 Å². The van der Waals surface area contributed by atoms with Crippen LogP contribution in [0.15, 0.2) is 18.2 Å². The highest BCUT2D eigenvalue weighted by molar-refractivity contribution is 5.95. The zero-order chi connectivity index (χ0) is 17.2. The Labute approximate surface area is 137 Å². The second-order valence-electron chi connectivity index (χ2n) is 4.92. The zero-order valence-corrected chi connectivity index (χ0v) is 14.3. The van der Waals surface area contributed by atoms with Crippen LogP contribution in [0, 0.1) is 0 Å². The molecule has 0 aliphatic carbocycles. The molecule has 0 saturated carbocycles. The number of amides is 1. The number of hydrogen-bond acceptors (Lipinski definition) is 5. The van der Waals surface area contributed by atoms with Crippen LogP contribution in [0.25, 0.3) is 0 Å². The van der Waals surface area contributed by atoms with Crippen molar-refractivity contribution in [3.8, 4) is 11.5 Å². The first-order chi connectivity index (χ1) is 11.1. The fraction of sp³-hybridized carbons (Fsp3) is 0.529. The van der Waals surface area contributed by atoms with Crippen molar-refractivity contribution >= 4 is 11.9 Å². The van der Waals surface area contributed by atoms with Gasteiger partial charge in [0.2, 0.25) is 0 Å². The fourth-order valence-corrected chi connectivity index (χ4v) is 2.20. The predicted molar refractivity (Wildman–Crippen MR) is 87.0 cm³/mol. The summed E-state index contributed by atoms with van der Waals surface area (Å²) in [5.74, 6) is 0.628. The maximum Gasteiger partial charge on any atom is 0.307 e. The molecule has 0 spiro atoms.